The van der Waals surface area contributed by atoms with Gasteiger partial charge in [0, 0.05) is 39.0 Å². The first-order chi connectivity index (χ1) is 17.0. The van der Waals surface area contributed by atoms with Gasteiger partial charge in [0.05, 0.1) is 6.54 Å². The van der Waals surface area contributed by atoms with Crippen LogP contribution in [0.1, 0.15) is 43.7 Å². The van der Waals surface area contributed by atoms with E-state index in [9.17, 15) is 9.59 Å². The van der Waals surface area contributed by atoms with E-state index in [0.29, 0.717) is 24.5 Å². The average Bonchev–Trinajstić information content (AvgIpc) is 3.13. The number of thioether (sulfide) groups is 1. The van der Waals surface area contributed by atoms with E-state index in [1.54, 1.807) is 11.8 Å². The monoisotopic (exact) mass is 508 g/mol. The van der Waals surface area contributed by atoms with E-state index < -0.39 is 6.04 Å². The molecular weight excluding hydrogens is 480 g/mol. The van der Waals surface area contributed by atoms with Crippen LogP contribution in [0.15, 0.2) is 81.2 Å². The molecule has 1 unspecified atom stereocenters. The molecule has 4 rings (SSSR count). The lowest BCUT2D eigenvalue weighted by Gasteiger charge is -2.14. The third-order valence-corrected chi connectivity index (χ3v) is 7.30. The lowest BCUT2D eigenvalue weighted by molar-refractivity contribution is -0.128. The van der Waals surface area contributed by atoms with E-state index in [1.807, 2.05) is 55.5 Å². The number of nitrogens with zero attached hydrogens (tertiary/aromatic N) is 1. The van der Waals surface area contributed by atoms with Crippen molar-refractivity contribution in [3.63, 3.8) is 0 Å². The number of aliphatic imine (C=N–C) groups is 1. The third-order valence-electron chi connectivity index (χ3n) is 5.81. The molecule has 2 aliphatic heterocycles. The van der Waals surface area contributed by atoms with Crippen LogP contribution in [0.4, 0.5) is 0 Å². The number of allylic oxidation sites excluding steroid dienone is 2. The maximum absolute atomic E-state index is 12.4. The van der Waals surface area contributed by atoms with Crippen molar-refractivity contribution < 1.29 is 9.59 Å². The summed E-state index contributed by atoms with van der Waals surface area (Å²) in [6.45, 7) is 3.22. The Kier molecular flexibility index (Phi) is 8.66. The van der Waals surface area contributed by atoms with Gasteiger partial charge in [-0.3, -0.25) is 14.6 Å². The van der Waals surface area contributed by atoms with Crippen molar-refractivity contribution >= 4 is 41.0 Å². The van der Waals surface area contributed by atoms with Crippen molar-refractivity contribution in [3.05, 3.63) is 87.4 Å². The van der Waals surface area contributed by atoms with Gasteiger partial charge in [0.15, 0.2) is 0 Å². The Morgan fingerprint density at radius 3 is 2.83 bits per heavy atom. The van der Waals surface area contributed by atoms with Crippen molar-refractivity contribution in [2.45, 2.75) is 50.1 Å². The number of halogens is 1. The number of nitrogens with one attached hydrogen (secondary N) is 3. The molecule has 0 aliphatic carbocycles. The molecule has 2 aromatic carbocycles. The van der Waals surface area contributed by atoms with Crippen LogP contribution in [0, 0.1) is 0 Å². The van der Waals surface area contributed by atoms with Crippen molar-refractivity contribution in [3.8, 4) is 0 Å². The summed E-state index contributed by atoms with van der Waals surface area (Å²) in [5, 5.41) is 9.88. The predicted molar refractivity (Wildman–Crippen MR) is 142 cm³/mol. The normalized spacial score (nSPS) is 19.5. The summed E-state index contributed by atoms with van der Waals surface area (Å²) in [5.41, 5.74) is 3.07. The van der Waals surface area contributed by atoms with Crippen molar-refractivity contribution in [1.82, 2.24) is 16.0 Å². The minimum atomic E-state index is -0.445. The van der Waals surface area contributed by atoms with Crippen LogP contribution in [0.25, 0.3) is 0 Å². The fraction of sp³-hybridized carbons (Fsp3) is 0.296. The van der Waals surface area contributed by atoms with Crippen LogP contribution in [0.2, 0.25) is 5.02 Å². The first-order valence-corrected chi connectivity index (χ1v) is 13.0. The van der Waals surface area contributed by atoms with E-state index in [-0.39, 0.29) is 18.2 Å². The summed E-state index contributed by atoms with van der Waals surface area (Å²) in [5.74, 6) is 0.559. The standard InChI is InChI=1S/C27H29ClN4O2S/c1-18-23(10-6-11-25(33)32-22-8-4-5-16-29-27(22)34)35-24-9-3-2-7-21(24)26(31-18)30-17-19-12-14-20(28)15-13-19/h2-3,6-7,9-10,12-15,22H,4-5,8,11,16-17H2,1H3,(H,29,34)(H,30,31)(H,32,33)/b10-6-. The van der Waals surface area contributed by atoms with Crippen LogP contribution < -0.4 is 16.0 Å². The second kappa shape index (κ2) is 12.1. The van der Waals surface area contributed by atoms with Gasteiger partial charge in [0.1, 0.15) is 11.9 Å². The van der Waals surface area contributed by atoms with Crippen LogP contribution >= 0.6 is 23.4 Å². The molecule has 6 nitrogen and oxygen atoms in total. The molecule has 3 N–H and O–H groups in total. The summed E-state index contributed by atoms with van der Waals surface area (Å²) in [6.07, 6.45) is 6.56. The number of rotatable bonds is 6. The largest absolute Gasteiger partial charge is 0.354 e. The number of hydrogen-bond acceptors (Lipinski definition) is 4. The molecular formula is C27H29ClN4O2S. The fourth-order valence-corrected chi connectivity index (χ4v) is 5.05. The molecule has 35 heavy (non-hydrogen) atoms. The second-order valence-electron chi connectivity index (χ2n) is 8.52. The summed E-state index contributed by atoms with van der Waals surface area (Å²) in [7, 11) is 0. The Labute approximate surface area is 215 Å². The minimum absolute atomic E-state index is 0.0936. The number of carbonyl (C=O) groups excluding carboxylic acids is 2. The molecule has 2 aliphatic rings. The molecule has 1 atom stereocenters. The zero-order valence-electron chi connectivity index (χ0n) is 19.6. The molecule has 2 heterocycles. The summed E-state index contributed by atoms with van der Waals surface area (Å²) in [4.78, 5) is 31.5. The van der Waals surface area contributed by atoms with Crippen LogP contribution in [0.3, 0.4) is 0 Å². The molecule has 1 saturated heterocycles. The molecule has 0 aromatic heterocycles. The molecule has 182 valence electrons. The van der Waals surface area contributed by atoms with Crippen molar-refractivity contribution in [2.75, 3.05) is 6.54 Å². The molecule has 0 radical (unpaired) electrons. The minimum Gasteiger partial charge on any atom is -0.354 e. The lowest BCUT2D eigenvalue weighted by Crippen LogP contribution is -2.45. The van der Waals surface area contributed by atoms with Gasteiger partial charge in [-0.1, -0.05) is 59.8 Å². The third kappa shape index (κ3) is 6.99. The predicted octanol–water partition coefficient (Wildman–Crippen LogP) is 4.94. The van der Waals surface area contributed by atoms with E-state index in [2.05, 4.69) is 28.1 Å². The van der Waals surface area contributed by atoms with Gasteiger partial charge < -0.3 is 16.0 Å². The number of hydrogen-bond donors (Lipinski definition) is 3. The number of amidine groups is 1. The van der Waals surface area contributed by atoms with E-state index in [1.165, 1.54) is 0 Å². The van der Waals surface area contributed by atoms with Gasteiger partial charge in [0.2, 0.25) is 11.8 Å². The summed E-state index contributed by atoms with van der Waals surface area (Å²) < 4.78 is 0. The fourth-order valence-electron chi connectivity index (χ4n) is 3.90. The maximum Gasteiger partial charge on any atom is 0.242 e. The average molecular weight is 509 g/mol. The van der Waals surface area contributed by atoms with Crippen LogP contribution in [-0.4, -0.2) is 30.2 Å². The smallest absolute Gasteiger partial charge is 0.242 e. The van der Waals surface area contributed by atoms with E-state index in [4.69, 9.17) is 16.6 Å². The Balaban J connectivity index is 1.45. The number of amides is 2. The first kappa shape index (κ1) is 25.1. The lowest BCUT2D eigenvalue weighted by atomic mass is 10.1. The van der Waals surface area contributed by atoms with Crippen LogP contribution in [0.5, 0.6) is 0 Å². The Morgan fingerprint density at radius 2 is 2.00 bits per heavy atom. The quantitative estimate of drug-likeness (QED) is 0.516. The highest BCUT2D eigenvalue weighted by molar-refractivity contribution is 8.03. The molecule has 2 amide bonds. The Bertz CT molecular complexity index is 1170. The van der Waals surface area contributed by atoms with E-state index >= 15 is 0 Å². The first-order valence-electron chi connectivity index (χ1n) is 11.8. The number of carbonyl (C=O) groups is 2. The van der Waals surface area contributed by atoms with Crippen molar-refractivity contribution in [1.29, 1.82) is 0 Å². The highest BCUT2D eigenvalue weighted by Crippen LogP contribution is 2.34. The second-order valence-corrected chi connectivity index (χ2v) is 10.0. The Hall–Kier alpha value is -3.03. The highest BCUT2D eigenvalue weighted by Gasteiger charge is 2.22. The molecule has 0 bridgehead atoms. The van der Waals surface area contributed by atoms with Gasteiger partial charge >= 0.3 is 0 Å². The highest BCUT2D eigenvalue weighted by atomic mass is 35.5. The van der Waals surface area contributed by atoms with E-state index in [0.717, 1.165) is 45.3 Å². The SMILES string of the molecule is CC1=C(/C=C\CC(=O)NC2CCCCNC2=O)Sc2ccccc2C(=NCc2ccc(Cl)cc2)N1. The maximum atomic E-state index is 12.4. The van der Waals surface area contributed by atoms with Crippen LogP contribution in [-0.2, 0) is 16.1 Å². The molecule has 0 spiro atoms. The topological polar surface area (TPSA) is 82.6 Å². The summed E-state index contributed by atoms with van der Waals surface area (Å²) in [6, 6.07) is 15.4. The molecule has 1 fully saturated rings. The Morgan fingerprint density at radius 1 is 1.20 bits per heavy atom. The zero-order valence-corrected chi connectivity index (χ0v) is 21.2. The zero-order chi connectivity index (χ0) is 24.6. The van der Waals surface area contributed by atoms with Gasteiger partial charge in [-0.15, -0.1) is 0 Å². The molecule has 0 saturated carbocycles. The van der Waals surface area contributed by atoms with Gasteiger partial charge in [0.25, 0.3) is 0 Å². The van der Waals surface area contributed by atoms with Gasteiger partial charge in [-0.2, -0.15) is 0 Å². The van der Waals surface area contributed by atoms with Crippen molar-refractivity contribution in [2.24, 2.45) is 4.99 Å². The number of benzene rings is 2. The van der Waals surface area contributed by atoms with Gasteiger partial charge in [-0.25, -0.2) is 0 Å². The number of fused-ring (bicyclic) bond motifs is 1. The summed E-state index contributed by atoms with van der Waals surface area (Å²) >= 11 is 7.64. The molecule has 8 heteroatoms. The van der Waals surface area contributed by atoms with Gasteiger partial charge in [-0.05, 0) is 56.0 Å². The molecule has 2 aromatic rings.